The molecule has 1 amide bonds. The molecule has 6 nitrogen and oxygen atoms in total. The number of benzene rings is 2. The highest BCUT2D eigenvalue weighted by Crippen LogP contribution is 2.35. The molecule has 27 heavy (non-hydrogen) atoms. The van der Waals surface area contributed by atoms with Crippen molar-refractivity contribution in [3.8, 4) is 5.75 Å². The lowest BCUT2D eigenvalue weighted by Gasteiger charge is -2.24. The third-order valence-electron chi connectivity index (χ3n) is 4.88. The first-order valence-electron chi connectivity index (χ1n) is 8.92. The predicted molar refractivity (Wildman–Crippen MR) is 105 cm³/mol. The molecule has 2 aliphatic rings. The summed E-state index contributed by atoms with van der Waals surface area (Å²) in [7, 11) is 0. The lowest BCUT2D eigenvalue weighted by molar-refractivity contribution is -0.122. The van der Waals surface area contributed by atoms with Crippen molar-refractivity contribution in [2.75, 3.05) is 11.1 Å². The van der Waals surface area contributed by atoms with E-state index in [0.29, 0.717) is 28.9 Å². The number of anilines is 1. The molecule has 0 aliphatic carbocycles. The average Bonchev–Trinajstić information content (AvgIpc) is 3.17. The molecule has 0 bridgehead atoms. The van der Waals surface area contributed by atoms with Crippen LogP contribution in [0, 0.1) is 0 Å². The number of nitrogens with one attached hydrogen (secondary N) is 1. The van der Waals surface area contributed by atoms with E-state index in [1.165, 1.54) is 0 Å². The Kier molecular flexibility index (Phi) is 3.89. The predicted octanol–water partition coefficient (Wildman–Crippen LogP) is 2.83. The van der Waals surface area contributed by atoms with Crippen LogP contribution in [0.1, 0.15) is 12.2 Å². The minimum absolute atomic E-state index is 0.0398. The molecule has 136 valence electrons. The highest BCUT2D eigenvalue weighted by Gasteiger charge is 2.26. The lowest BCUT2D eigenvalue weighted by atomic mass is 10.2. The van der Waals surface area contributed by atoms with E-state index in [4.69, 9.17) is 4.74 Å². The van der Waals surface area contributed by atoms with Crippen molar-refractivity contribution >= 4 is 34.3 Å². The summed E-state index contributed by atoms with van der Waals surface area (Å²) in [5.74, 6) is 1.90. The van der Waals surface area contributed by atoms with Gasteiger partial charge in [0.05, 0.1) is 10.9 Å². The van der Waals surface area contributed by atoms with Crippen molar-refractivity contribution in [1.29, 1.82) is 0 Å². The Morgan fingerprint density at radius 3 is 3.07 bits per heavy atom. The molecule has 3 heterocycles. The monoisotopic (exact) mass is 379 g/mol. The quantitative estimate of drug-likeness (QED) is 0.741. The van der Waals surface area contributed by atoms with Gasteiger partial charge in [-0.3, -0.25) is 14.2 Å². The maximum absolute atomic E-state index is 12.7. The van der Waals surface area contributed by atoms with Crippen LogP contribution in [0.25, 0.3) is 10.9 Å². The van der Waals surface area contributed by atoms with Gasteiger partial charge >= 0.3 is 0 Å². The summed E-state index contributed by atoms with van der Waals surface area (Å²) in [5, 5.41) is 3.41. The van der Waals surface area contributed by atoms with Gasteiger partial charge in [-0.2, -0.15) is 0 Å². The fourth-order valence-corrected chi connectivity index (χ4v) is 4.52. The molecule has 5 rings (SSSR count). The zero-order valence-electron chi connectivity index (χ0n) is 14.5. The summed E-state index contributed by atoms with van der Waals surface area (Å²) < 4.78 is 7.55. The van der Waals surface area contributed by atoms with Crippen LogP contribution in [0.3, 0.4) is 0 Å². The second-order valence-corrected chi connectivity index (χ2v) is 7.74. The van der Waals surface area contributed by atoms with Gasteiger partial charge in [-0.15, -0.1) is 11.8 Å². The number of para-hydroxylation sites is 1. The first kappa shape index (κ1) is 16.4. The molecule has 0 radical (unpaired) electrons. The van der Waals surface area contributed by atoms with Gasteiger partial charge in [0.25, 0.3) is 11.5 Å². The molecule has 7 heteroatoms. The Balaban J connectivity index is 1.40. The van der Waals surface area contributed by atoms with Crippen LogP contribution < -0.4 is 15.6 Å². The minimum Gasteiger partial charge on any atom is -0.479 e. The highest BCUT2D eigenvalue weighted by molar-refractivity contribution is 7.99. The third kappa shape index (κ3) is 2.88. The molecule has 2 aliphatic heterocycles. The number of aromatic nitrogens is 2. The Hall–Kier alpha value is -2.80. The van der Waals surface area contributed by atoms with Gasteiger partial charge in [-0.25, -0.2) is 4.98 Å². The van der Waals surface area contributed by atoms with Crippen molar-refractivity contribution in [3.05, 3.63) is 58.6 Å². The highest BCUT2D eigenvalue weighted by atomic mass is 32.2. The molecule has 0 saturated carbocycles. The zero-order chi connectivity index (χ0) is 18.4. The van der Waals surface area contributed by atoms with Crippen LogP contribution in [0.2, 0.25) is 0 Å². The maximum atomic E-state index is 12.7. The van der Waals surface area contributed by atoms with Gasteiger partial charge in [-0.05, 0) is 36.8 Å². The SMILES string of the molecule is O=C(Nc1ccc2nc3n(c(=O)c2c1)CCC3)[C@H]1CSc2ccccc2O1. The molecule has 0 fully saturated rings. The maximum Gasteiger partial charge on any atom is 0.266 e. The van der Waals surface area contributed by atoms with E-state index in [0.717, 1.165) is 29.3 Å². The first-order chi connectivity index (χ1) is 13.2. The number of hydrogen-bond acceptors (Lipinski definition) is 5. The second kappa shape index (κ2) is 6.42. The Morgan fingerprint density at radius 1 is 1.26 bits per heavy atom. The Morgan fingerprint density at radius 2 is 2.15 bits per heavy atom. The van der Waals surface area contributed by atoms with Gasteiger partial charge in [0.1, 0.15) is 11.6 Å². The number of thioether (sulfide) groups is 1. The number of amides is 1. The van der Waals surface area contributed by atoms with Gasteiger partial charge in [0.2, 0.25) is 0 Å². The van der Waals surface area contributed by atoms with Crippen LogP contribution in [-0.2, 0) is 17.8 Å². The van der Waals surface area contributed by atoms with Crippen LogP contribution in [-0.4, -0.2) is 27.3 Å². The third-order valence-corrected chi connectivity index (χ3v) is 6.00. The summed E-state index contributed by atoms with van der Waals surface area (Å²) in [5.41, 5.74) is 1.21. The zero-order valence-corrected chi connectivity index (χ0v) is 15.3. The first-order valence-corrected chi connectivity index (χ1v) is 9.90. The van der Waals surface area contributed by atoms with Gasteiger partial charge < -0.3 is 10.1 Å². The fourth-order valence-electron chi connectivity index (χ4n) is 3.53. The number of fused-ring (bicyclic) bond motifs is 3. The van der Waals surface area contributed by atoms with Crippen molar-refractivity contribution in [2.24, 2.45) is 0 Å². The summed E-state index contributed by atoms with van der Waals surface area (Å²) >= 11 is 1.61. The van der Waals surface area contributed by atoms with E-state index in [9.17, 15) is 9.59 Å². The summed E-state index contributed by atoms with van der Waals surface area (Å²) in [6.07, 6.45) is 1.21. The largest absolute Gasteiger partial charge is 0.479 e. The van der Waals surface area contributed by atoms with Crippen molar-refractivity contribution < 1.29 is 9.53 Å². The molecule has 1 atom stereocenters. The van der Waals surface area contributed by atoms with E-state index in [1.807, 2.05) is 24.3 Å². The molecular formula is C20H17N3O3S. The molecule has 0 spiro atoms. The number of rotatable bonds is 2. The van der Waals surface area contributed by atoms with Crippen LogP contribution in [0.15, 0.2) is 52.2 Å². The summed E-state index contributed by atoms with van der Waals surface area (Å²) in [4.78, 5) is 30.9. The molecule has 2 aromatic carbocycles. The molecule has 0 unspecified atom stereocenters. The van der Waals surface area contributed by atoms with Gasteiger partial charge in [0.15, 0.2) is 6.10 Å². The van der Waals surface area contributed by atoms with Crippen molar-refractivity contribution in [3.63, 3.8) is 0 Å². The number of hydrogen-bond donors (Lipinski definition) is 1. The summed E-state index contributed by atoms with van der Waals surface area (Å²) in [6, 6.07) is 13.0. The number of aryl methyl sites for hydroxylation is 1. The fraction of sp³-hybridized carbons (Fsp3) is 0.250. The second-order valence-electron chi connectivity index (χ2n) is 6.67. The number of ether oxygens (including phenoxy) is 1. The standard InChI is InChI=1S/C20H17N3O3S/c24-19(16-11-27-17-5-2-1-4-15(17)26-16)21-12-7-8-14-13(10-12)20(25)23-9-3-6-18(23)22-14/h1-2,4-5,7-8,10,16H,3,6,9,11H2,(H,21,24)/t16-/m1/s1. The lowest BCUT2D eigenvalue weighted by Crippen LogP contribution is -2.36. The van der Waals surface area contributed by atoms with Gasteiger partial charge in [-0.1, -0.05) is 12.1 Å². The summed E-state index contributed by atoms with van der Waals surface area (Å²) in [6.45, 7) is 0.709. The van der Waals surface area contributed by atoms with E-state index < -0.39 is 6.10 Å². The smallest absolute Gasteiger partial charge is 0.266 e. The average molecular weight is 379 g/mol. The van der Waals surface area contributed by atoms with E-state index >= 15 is 0 Å². The van der Waals surface area contributed by atoms with Crippen molar-refractivity contribution in [1.82, 2.24) is 9.55 Å². The number of nitrogens with zero attached hydrogens (tertiary/aromatic N) is 2. The molecule has 3 aromatic rings. The van der Waals surface area contributed by atoms with Crippen LogP contribution >= 0.6 is 11.8 Å². The Bertz CT molecular complexity index is 1130. The molecule has 1 aromatic heterocycles. The van der Waals surface area contributed by atoms with Gasteiger partial charge in [0, 0.05) is 29.3 Å². The number of carbonyl (C=O) groups excluding carboxylic acids is 1. The topological polar surface area (TPSA) is 73.2 Å². The molecule has 1 N–H and O–H groups in total. The van der Waals surface area contributed by atoms with Crippen LogP contribution in [0.5, 0.6) is 5.75 Å². The van der Waals surface area contributed by atoms with E-state index in [-0.39, 0.29) is 11.5 Å². The minimum atomic E-state index is -0.570. The normalized spacial score (nSPS) is 17.9. The Labute approximate surface area is 159 Å². The molecule has 0 saturated heterocycles. The number of carbonyl (C=O) groups is 1. The van der Waals surface area contributed by atoms with Crippen molar-refractivity contribution in [2.45, 2.75) is 30.4 Å². The van der Waals surface area contributed by atoms with E-state index in [2.05, 4.69) is 10.3 Å². The molecular weight excluding hydrogens is 362 g/mol. The van der Waals surface area contributed by atoms with E-state index in [1.54, 1.807) is 34.5 Å². The van der Waals surface area contributed by atoms with Crippen LogP contribution in [0.4, 0.5) is 5.69 Å².